The molecule has 3 aromatic heterocycles. The van der Waals surface area contributed by atoms with E-state index >= 15 is 0 Å². The maximum absolute atomic E-state index is 13.0. The van der Waals surface area contributed by atoms with Crippen molar-refractivity contribution in [2.75, 3.05) is 7.11 Å². The first kappa shape index (κ1) is 19.9. The van der Waals surface area contributed by atoms with Gasteiger partial charge in [0.2, 0.25) is 0 Å². The molecule has 3 heterocycles. The number of halogens is 3. The normalized spacial score (nSPS) is 11.5. The standard InChI is InChI=1S/C21H14Cl3N5O2/c1-31-11-2-3-12(14(23)8-11)19-16-9-28(21(30)29(16)7-6-25-19)10-17-26-15-5-4-13(22)18(24)20(15)27-17/h2-9H,10H2,1H3,(H,26,27). The van der Waals surface area contributed by atoms with Crippen LogP contribution in [0.2, 0.25) is 15.1 Å². The second-order valence-electron chi connectivity index (χ2n) is 6.86. The fraction of sp³-hybridized carbons (Fsp3) is 0.0952. The third kappa shape index (κ3) is 3.35. The maximum atomic E-state index is 13.0. The summed E-state index contributed by atoms with van der Waals surface area (Å²) in [5.41, 5.74) is 2.99. The predicted molar refractivity (Wildman–Crippen MR) is 122 cm³/mol. The van der Waals surface area contributed by atoms with Crippen molar-refractivity contribution >= 4 is 51.4 Å². The monoisotopic (exact) mass is 473 g/mol. The highest BCUT2D eigenvalue weighted by Gasteiger charge is 2.16. The average molecular weight is 475 g/mol. The van der Waals surface area contributed by atoms with Gasteiger partial charge in [0.05, 0.1) is 45.4 Å². The molecule has 31 heavy (non-hydrogen) atoms. The molecule has 5 aromatic rings. The van der Waals surface area contributed by atoms with Crippen molar-refractivity contribution in [2.24, 2.45) is 0 Å². The molecular weight excluding hydrogens is 461 g/mol. The number of aromatic amines is 1. The minimum atomic E-state index is -0.229. The Morgan fingerprint density at radius 3 is 2.74 bits per heavy atom. The highest BCUT2D eigenvalue weighted by atomic mass is 35.5. The lowest BCUT2D eigenvalue weighted by Crippen LogP contribution is -2.20. The second kappa shape index (κ2) is 7.60. The van der Waals surface area contributed by atoms with E-state index in [1.54, 1.807) is 54.5 Å². The highest BCUT2D eigenvalue weighted by Crippen LogP contribution is 2.32. The summed E-state index contributed by atoms with van der Waals surface area (Å²) >= 11 is 18.8. The van der Waals surface area contributed by atoms with Crippen molar-refractivity contribution < 1.29 is 4.74 Å². The molecule has 0 amide bonds. The molecule has 0 aliphatic rings. The van der Waals surface area contributed by atoms with Crippen LogP contribution in [0.3, 0.4) is 0 Å². The quantitative estimate of drug-likeness (QED) is 0.395. The number of H-pyrrole nitrogens is 1. The molecule has 0 atom stereocenters. The van der Waals surface area contributed by atoms with Gasteiger partial charge in [-0.3, -0.25) is 14.0 Å². The van der Waals surface area contributed by atoms with Crippen molar-refractivity contribution in [3.63, 3.8) is 0 Å². The third-order valence-corrected chi connectivity index (χ3v) is 6.10. The molecule has 1 N–H and O–H groups in total. The molecule has 7 nitrogen and oxygen atoms in total. The number of rotatable bonds is 4. The molecule has 0 aliphatic carbocycles. The number of fused-ring (bicyclic) bond motifs is 2. The van der Waals surface area contributed by atoms with Crippen molar-refractivity contribution in [1.82, 2.24) is 23.9 Å². The number of hydrogen-bond donors (Lipinski definition) is 1. The molecule has 0 aliphatic heterocycles. The Morgan fingerprint density at radius 2 is 1.97 bits per heavy atom. The summed E-state index contributed by atoms with van der Waals surface area (Å²) in [6.45, 7) is 0.221. The SMILES string of the molecule is COc1ccc(-c2nccn3c(=O)n(Cc4nc5c(Cl)c(Cl)ccc5[nH]4)cc23)c(Cl)c1. The molecule has 0 spiro atoms. The van der Waals surface area contributed by atoms with Crippen LogP contribution in [0, 0.1) is 0 Å². The predicted octanol–water partition coefficient (Wildman–Crippen LogP) is 5.06. The largest absolute Gasteiger partial charge is 0.497 e. The van der Waals surface area contributed by atoms with Crippen LogP contribution in [0.5, 0.6) is 5.75 Å². The summed E-state index contributed by atoms with van der Waals surface area (Å²) in [6.07, 6.45) is 4.91. The Balaban J connectivity index is 1.60. The summed E-state index contributed by atoms with van der Waals surface area (Å²) in [4.78, 5) is 25.1. The Kier molecular flexibility index (Phi) is 4.89. The minimum Gasteiger partial charge on any atom is -0.497 e. The van der Waals surface area contributed by atoms with E-state index < -0.39 is 0 Å². The number of benzene rings is 2. The van der Waals surface area contributed by atoms with E-state index in [2.05, 4.69) is 15.0 Å². The Hall–Kier alpha value is -3.00. The molecule has 0 saturated heterocycles. The van der Waals surface area contributed by atoms with Crippen LogP contribution in [0.25, 0.3) is 27.8 Å². The van der Waals surface area contributed by atoms with Crippen molar-refractivity contribution in [2.45, 2.75) is 6.54 Å². The molecule has 2 aromatic carbocycles. The molecule has 10 heteroatoms. The molecule has 0 unspecified atom stereocenters. The van der Waals surface area contributed by atoms with Crippen LogP contribution in [0.15, 0.2) is 53.7 Å². The Labute approximate surface area is 190 Å². The van der Waals surface area contributed by atoms with Gasteiger partial charge in [0.25, 0.3) is 0 Å². The average Bonchev–Trinajstić information content (AvgIpc) is 3.32. The van der Waals surface area contributed by atoms with Crippen LogP contribution >= 0.6 is 34.8 Å². The number of aromatic nitrogens is 5. The van der Waals surface area contributed by atoms with Crippen LogP contribution < -0.4 is 10.4 Å². The number of nitrogens with one attached hydrogen (secondary N) is 1. The summed E-state index contributed by atoms with van der Waals surface area (Å²) in [7, 11) is 1.57. The second-order valence-corrected chi connectivity index (χ2v) is 8.05. The van der Waals surface area contributed by atoms with Crippen LogP contribution in [-0.2, 0) is 6.54 Å². The molecule has 5 rings (SSSR count). The van der Waals surface area contributed by atoms with Gasteiger partial charge < -0.3 is 9.72 Å². The van der Waals surface area contributed by atoms with E-state index in [4.69, 9.17) is 39.5 Å². The fourth-order valence-corrected chi connectivity index (χ4v) is 4.13. The first-order valence-corrected chi connectivity index (χ1v) is 10.3. The van der Waals surface area contributed by atoms with Gasteiger partial charge in [-0.25, -0.2) is 9.78 Å². The topological polar surface area (TPSA) is 77.2 Å². The van der Waals surface area contributed by atoms with E-state index in [-0.39, 0.29) is 12.2 Å². The van der Waals surface area contributed by atoms with E-state index in [0.29, 0.717) is 48.9 Å². The number of hydrogen-bond acceptors (Lipinski definition) is 4. The number of nitrogens with zero attached hydrogens (tertiary/aromatic N) is 4. The molecule has 156 valence electrons. The first-order valence-electron chi connectivity index (χ1n) is 9.19. The van der Waals surface area contributed by atoms with Gasteiger partial charge in [-0.05, 0) is 30.3 Å². The summed E-state index contributed by atoms with van der Waals surface area (Å²) in [5.74, 6) is 1.22. The van der Waals surface area contributed by atoms with Gasteiger partial charge in [0, 0.05) is 24.2 Å². The van der Waals surface area contributed by atoms with Gasteiger partial charge in [0.1, 0.15) is 17.1 Å². The minimum absolute atomic E-state index is 0.221. The first-order chi connectivity index (χ1) is 15.0. The number of methoxy groups -OCH3 is 1. The summed E-state index contributed by atoms with van der Waals surface area (Å²) < 4.78 is 8.28. The number of ether oxygens (including phenoxy) is 1. The molecule has 0 saturated carbocycles. The van der Waals surface area contributed by atoms with E-state index in [9.17, 15) is 4.79 Å². The Morgan fingerprint density at radius 1 is 1.13 bits per heavy atom. The zero-order valence-corrected chi connectivity index (χ0v) is 18.3. The van der Waals surface area contributed by atoms with E-state index in [0.717, 1.165) is 5.52 Å². The fourth-order valence-electron chi connectivity index (χ4n) is 3.51. The van der Waals surface area contributed by atoms with Gasteiger partial charge >= 0.3 is 5.69 Å². The lowest BCUT2D eigenvalue weighted by molar-refractivity contribution is 0.415. The van der Waals surface area contributed by atoms with Crippen molar-refractivity contribution in [3.8, 4) is 17.0 Å². The van der Waals surface area contributed by atoms with Crippen LogP contribution in [0.4, 0.5) is 0 Å². The van der Waals surface area contributed by atoms with Crippen LogP contribution in [-0.4, -0.2) is 31.0 Å². The maximum Gasteiger partial charge on any atom is 0.333 e. The lowest BCUT2D eigenvalue weighted by Gasteiger charge is -2.07. The van der Waals surface area contributed by atoms with Crippen LogP contribution in [0.1, 0.15) is 5.82 Å². The van der Waals surface area contributed by atoms with Gasteiger partial charge in [-0.15, -0.1) is 0 Å². The summed E-state index contributed by atoms with van der Waals surface area (Å²) in [5, 5.41) is 1.27. The van der Waals surface area contributed by atoms with Crippen molar-refractivity contribution in [1.29, 1.82) is 0 Å². The van der Waals surface area contributed by atoms with E-state index in [1.807, 2.05) is 6.07 Å². The smallest absolute Gasteiger partial charge is 0.333 e. The van der Waals surface area contributed by atoms with Gasteiger partial charge in [-0.2, -0.15) is 0 Å². The summed E-state index contributed by atoms with van der Waals surface area (Å²) in [6, 6.07) is 8.82. The lowest BCUT2D eigenvalue weighted by atomic mass is 10.1. The van der Waals surface area contributed by atoms with Gasteiger partial charge in [-0.1, -0.05) is 34.8 Å². The zero-order chi connectivity index (χ0) is 21.7. The molecular formula is C21H14Cl3N5O2. The number of imidazole rings is 2. The molecule has 0 fully saturated rings. The molecule has 0 radical (unpaired) electrons. The van der Waals surface area contributed by atoms with Gasteiger partial charge in [0.15, 0.2) is 0 Å². The Bertz CT molecular complexity index is 1520. The zero-order valence-electron chi connectivity index (χ0n) is 16.1. The molecule has 0 bridgehead atoms. The third-order valence-electron chi connectivity index (χ3n) is 5.00. The van der Waals surface area contributed by atoms with Crippen molar-refractivity contribution in [3.05, 3.63) is 80.3 Å². The highest BCUT2D eigenvalue weighted by molar-refractivity contribution is 6.44. The van der Waals surface area contributed by atoms with E-state index in [1.165, 1.54) is 4.40 Å².